The maximum absolute atomic E-state index is 12.9. The maximum atomic E-state index is 12.9. The van der Waals surface area contributed by atoms with Crippen molar-refractivity contribution >= 4 is 11.9 Å². The molecule has 0 spiro atoms. The summed E-state index contributed by atoms with van der Waals surface area (Å²) in [6, 6.07) is 6.84. The molecule has 24 heavy (non-hydrogen) atoms. The predicted octanol–water partition coefficient (Wildman–Crippen LogP) is 2.57. The topological polar surface area (TPSA) is 76.1 Å². The van der Waals surface area contributed by atoms with Gasteiger partial charge in [0.2, 0.25) is 0 Å². The Labute approximate surface area is 142 Å². The minimum Gasteiger partial charge on any atom is -0.490 e. The van der Waals surface area contributed by atoms with E-state index < -0.39 is 5.97 Å². The molecular formula is C18H25NO5. The number of hydrogen-bond donors (Lipinski definition) is 1. The van der Waals surface area contributed by atoms with Crippen molar-refractivity contribution in [2.75, 3.05) is 26.4 Å². The molecule has 1 N–H and O–H groups in total. The second kappa shape index (κ2) is 9.27. The molecule has 0 aromatic heterocycles. The van der Waals surface area contributed by atoms with Crippen LogP contribution in [-0.4, -0.2) is 54.3 Å². The Morgan fingerprint density at radius 2 is 2.04 bits per heavy atom. The van der Waals surface area contributed by atoms with Crippen LogP contribution in [0, 0.1) is 0 Å². The fraction of sp³-hybridized carbons (Fsp3) is 0.556. The van der Waals surface area contributed by atoms with E-state index >= 15 is 0 Å². The number of rotatable bonds is 8. The molecule has 1 aliphatic heterocycles. The lowest BCUT2D eigenvalue weighted by atomic mass is 9.98. The van der Waals surface area contributed by atoms with E-state index in [-0.39, 0.29) is 18.4 Å². The monoisotopic (exact) mass is 335 g/mol. The molecule has 6 nitrogen and oxygen atoms in total. The van der Waals surface area contributed by atoms with Crippen LogP contribution in [0.5, 0.6) is 5.75 Å². The third-order valence-corrected chi connectivity index (χ3v) is 4.11. The Bertz CT molecular complexity index is 560. The van der Waals surface area contributed by atoms with Crippen LogP contribution in [0.1, 0.15) is 43.0 Å². The minimum absolute atomic E-state index is 0.0148. The van der Waals surface area contributed by atoms with Gasteiger partial charge in [-0.15, -0.1) is 0 Å². The molecule has 1 aromatic rings. The van der Waals surface area contributed by atoms with Gasteiger partial charge in [-0.25, -0.2) is 0 Å². The first-order valence-corrected chi connectivity index (χ1v) is 8.45. The van der Waals surface area contributed by atoms with Crippen molar-refractivity contribution in [3.8, 4) is 5.75 Å². The van der Waals surface area contributed by atoms with Gasteiger partial charge in [0, 0.05) is 19.2 Å². The summed E-state index contributed by atoms with van der Waals surface area (Å²) in [5, 5.41) is 9.08. The summed E-state index contributed by atoms with van der Waals surface area (Å²) < 4.78 is 10.9. The van der Waals surface area contributed by atoms with Gasteiger partial charge in [0.15, 0.2) is 0 Å². The third-order valence-electron chi connectivity index (χ3n) is 4.11. The number of aliphatic carboxylic acids is 1. The van der Waals surface area contributed by atoms with E-state index in [1.54, 1.807) is 23.1 Å². The Kier molecular flexibility index (Phi) is 7.06. The number of ether oxygens (including phenoxy) is 2. The van der Waals surface area contributed by atoms with E-state index in [1.807, 2.05) is 13.0 Å². The average Bonchev–Trinajstić information content (AvgIpc) is 2.58. The first-order valence-electron chi connectivity index (χ1n) is 8.45. The number of likely N-dealkylation sites (tertiary alicyclic amines) is 1. The van der Waals surface area contributed by atoms with Crippen LogP contribution < -0.4 is 4.74 Å². The number of hydrogen-bond acceptors (Lipinski definition) is 4. The van der Waals surface area contributed by atoms with Crippen LogP contribution >= 0.6 is 0 Å². The summed E-state index contributed by atoms with van der Waals surface area (Å²) in [7, 11) is 0. The molecule has 1 aromatic carbocycles. The number of amides is 1. The minimum atomic E-state index is -0.874. The molecular weight excluding hydrogens is 310 g/mol. The molecule has 6 heteroatoms. The first kappa shape index (κ1) is 18.3. The standard InChI is InChI=1S/C18H25NO5/c1-2-23-11-12-24-16-9-4-3-8-15(16)18(22)19-10-6-5-7-14(19)13-17(20)21/h3-4,8-9,14H,2,5-7,10-13H2,1H3,(H,20,21)/t14-/m0/s1. The fourth-order valence-electron chi connectivity index (χ4n) is 2.96. The van der Waals surface area contributed by atoms with Crippen molar-refractivity contribution in [1.29, 1.82) is 0 Å². The lowest BCUT2D eigenvalue weighted by Gasteiger charge is -2.35. The molecule has 1 amide bonds. The van der Waals surface area contributed by atoms with E-state index in [2.05, 4.69) is 0 Å². The molecule has 2 rings (SSSR count). The van der Waals surface area contributed by atoms with E-state index in [0.29, 0.717) is 37.7 Å². The highest BCUT2D eigenvalue weighted by Gasteiger charge is 2.30. The summed E-state index contributed by atoms with van der Waals surface area (Å²) in [5.74, 6) is -0.518. The number of para-hydroxylation sites is 1. The zero-order valence-electron chi connectivity index (χ0n) is 14.1. The van der Waals surface area contributed by atoms with Crippen LogP contribution in [-0.2, 0) is 9.53 Å². The molecule has 0 bridgehead atoms. The van der Waals surface area contributed by atoms with Gasteiger partial charge in [-0.3, -0.25) is 9.59 Å². The molecule has 1 saturated heterocycles. The van der Waals surface area contributed by atoms with Crippen molar-refractivity contribution in [1.82, 2.24) is 4.90 Å². The quantitative estimate of drug-likeness (QED) is 0.739. The van der Waals surface area contributed by atoms with Gasteiger partial charge in [-0.2, -0.15) is 0 Å². The van der Waals surface area contributed by atoms with Crippen molar-refractivity contribution in [3.63, 3.8) is 0 Å². The van der Waals surface area contributed by atoms with Gasteiger partial charge >= 0.3 is 5.97 Å². The van der Waals surface area contributed by atoms with Crippen molar-refractivity contribution < 1.29 is 24.2 Å². The number of piperidine rings is 1. The van der Waals surface area contributed by atoms with Crippen molar-refractivity contribution in [3.05, 3.63) is 29.8 Å². The van der Waals surface area contributed by atoms with E-state index in [0.717, 1.165) is 19.3 Å². The fourth-order valence-corrected chi connectivity index (χ4v) is 2.96. The largest absolute Gasteiger partial charge is 0.490 e. The number of nitrogens with zero attached hydrogens (tertiary/aromatic N) is 1. The molecule has 1 heterocycles. The Morgan fingerprint density at radius 1 is 1.25 bits per heavy atom. The normalized spacial score (nSPS) is 17.5. The lowest BCUT2D eigenvalue weighted by molar-refractivity contribution is -0.138. The molecule has 0 radical (unpaired) electrons. The zero-order valence-corrected chi connectivity index (χ0v) is 14.1. The van der Waals surface area contributed by atoms with Gasteiger partial charge < -0.3 is 19.5 Å². The highest BCUT2D eigenvalue weighted by atomic mass is 16.5. The number of benzene rings is 1. The zero-order chi connectivity index (χ0) is 17.4. The van der Waals surface area contributed by atoms with Crippen LogP contribution in [0.15, 0.2) is 24.3 Å². The first-order chi connectivity index (χ1) is 11.6. The van der Waals surface area contributed by atoms with Crippen LogP contribution in [0.2, 0.25) is 0 Å². The number of carbonyl (C=O) groups excluding carboxylic acids is 1. The van der Waals surface area contributed by atoms with Gasteiger partial charge in [-0.05, 0) is 38.3 Å². The Balaban J connectivity index is 2.11. The second-order valence-electron chi connectivity index (χ2n) is 5.79. The van der Waals surface area contributed by atoms with Gasteiger partial charge in [-0.1, -0.05) is 12.1 Å². The Hall–Kier alpha value is -2.08. The van der Waals surface area contributed by atoms with Gasteiger partial charge in [0.1, 0.15) is 12.4 Å². The second-order valence-corrected chi connectivity index (χ2v) is 5.79. The Morgan fingerprint density at radius 3 is 2.79 bits per heavy atom. The maximum Gasteiger partial charge on any atom is 0.305 e. The van der Waals surface area contributed by atoms with Crippen LogP contribution in [0.3, 0.4) is 0 Å². The van der Waals surface area contributed by atoms with Crippen LogP contribution in [0.25, 0.3) is 0 Å². The molecule has 1 fully saturated rings. The summed E-state index contributed by atoms with van der Waals surface area (Å²) >= 11 is 0. The summed E-state index contributed by atoms with van der Waals surface area (Å²) in [4.78, 5) is 25.7. The van der Waals surface area contributed by atoms with E-state index in [9.17, 15) is 9.59 Å². The van der Waals surface area contributed by atoms with Crippen molar-refractivity contribution in [2.24, 2.45) is 0 Å². The van der Waals surface area contributed by atoms with E-state index in [1.165, 1.54) is 0 Å². The molecule has 0 saturated carbocycles. The summed E-state index contributed by atoms with van der Waals surface area (Å²) in [6.45, 7) is 3.95. The summed E-state index contributed by atoms with van der Waals surface area (Å²) in [6.07, 6.45) is 2.56. The number of carboxylic acid groups (broad SMARTS) is 1. The SMILES string of the molecule is CCOCCOc1ccccc1C(=O)N1CCCC[C@H]1CC(=O)O. The van der Waals surface area contributed by atoms with Crippen LogP contribution in [0.4, 0.5) is 0 Å². The number of carbonyl (C=O) groups is 2. The molecule has 0 aliphatic carbocycles. The molecule has 0 unspecified atom stereocenters. The lowest BCUT2D eigenvalue weighted by Crippen LogP contribution is -2.44. The van der Waals surface area contributed by atoms with E-state index in [4.69, 9.17) is 14.6 Å². The van der Waals surface area contributed by atoms with Gasteiger partial charge in [0.25, 0.3) is 5.91 Å². The van der Waals surface area contributed by atoms with Crippen molar-refractivity contribution in [2.45, 2.75) is 38.6 Å². The average molecular weight is 335 g/mol. The highest BCUT2D eigenvalue weighted by molar-refractivity contribution is 5.97. The third kappa shape index (κ3) is 4.96. The molecule has 1 aliphatic rings. The van der Waals surface area contributed by atoms with Gasteiger partial charge in [0.05, 0.1) is 18.6 Å². The molecule has 132 valence electrons. The highest BCUT2D eigenvalue weighted by Crippen LogP contribution is 2.26. The number of carboxylic acids is 1. The molecule has 1 atom stereocenters. The summed E-state index contributed by atoms with van der Waals surface area (Å²) in [5.41, 5.74) is 0.478. The predicted molar refractivity (Wildman–Crippen MR) is 89.4 cm³/mol. The smallest absolute Gasteiger partial charge is 0.305 e.